The zero-order valence-electron chi connectivity index (χ0n) is 17.2. The Morgan fingerprint density at radius 1 is 1.14 bits per heavy atom. The maximum absolute atomic E-state index is 13.3. The van der Waals surface area contributed by atoms with Crippen LogP contribution in [0, 0.1) is 5.92 Å². The molecule has 1 atom stereocenters. The number of hydrogen-bond donors (Lipinski definition) is 1. The maximum atomic E-state index is 13.3. The largest absolute Gasteiger partial charge is 0.330 e. The molecule has 29 heavy (non-hydrogen) atoms. The standard InChI is InChI=1S/C23H31N3OS.ClH/c1-24-12-7-18-8-13-25(14-9-18)17-22(27)26-15-10-21-20(11-16-28-21)23(26)19-5-3-2-4-6-19;/h2-6,11,16,18,23-24H,7-10,12-15,17H2,1H3;1H. The van der Waals surface area contributed by atoms with Crippen LogP contribution in [0.5, 0.6) is 0 Å². The van der Waals surface area contributed by atoms with Crippen LogP contribution in [0.3, 0.4) is 0 Å². The van der Waals surface area contributed by atoms with Crippen molar-refractivity contribution < 1.29 is 4.79 Å². The van der Waals surface area contributed by atoms with Crippen molar-refractivity contribution in [3.8, 4) is 0 Å². The van der Waals surface area contributed by atoms with Crippen molar-refractivity contribution in [2.24, 2.45) is 5.92 Å². The van der Waals surface area contributed by atoms with E-state index in [0.29, 0.717) is 6.54 Å². The van der Waals surface area contributed by atoms with Gasteiger partial charge in [-0.15, -0.1) is 23.7 Å². The summed E-state index contributed by atoms with van der Waals surface area (Å²) in [7, 11) is 2.02. The fourth-order valence-corrected chi connectivity index (χ4v) is 5.55. The molecule has 4 nitrogen and oxygen atoms in total. The maximum Gasteiger partial charge on any atom is 0.237 e. The quantitative estimate of drug-likeness (QED) is 0.748. The lowest BCUT2D eigenvalue weighted by atomic mass is 9.92. The first-order valence-corrected chi connectivity index (χ1v) is 11.4. The molecule has 1 N–H and O–H groups in total. The van der Waals surface area contributed by atoms with Crippen molar-refractivity contribution in [1.29, 1.82) is 0 Å². The van der Waals surface area contributed by atoms with Crippen molar-refractivity contribution in [2.75, 3.05) is 39.8 Å². The number of nitrogens with zero attached hydrogens (tertiary/aromatic N) is 2. The minimum Gasteiger partial charge on any atom is -0.330 e. The molecule has 1 amide bonds. The lowest BCUT2D eigenvalue weighted by Gasteiger charge is -2.38. The molecule has 3 heterocycles. The zero-order valence-corrected chi connectivity index (χ0v) is 18.8. The van der Waals surface area contributed by atoms with Gasteiger partial charge in [0.2, 0.25) is 5.91 Å². The van der Waals surface area contributed by atoms with Crippen LogP contribution in [0.15, 0.2) is 41.8 Å². The average molecular weight is 434 g/mol. The first kappa shape index (κ1) is 22.3. The molecule has 1 aromatic heterocycles. The van der Waals surface area contributed by atoms with E-state index in [2.05, 4.69) is 50.8 Å². The van der Waals surface area contributed by atoms with Gasteiger partial charge in [0.1, 0.15) is 0 Å². The highest BCUT2D eigenvalue weighted by Crippen LogP contribution is 2.37. The minimum atomic E-state index is 0. The van der Waals surface area contributed by atoms with Crippen LogP contribution in [0.1, 0.15) is 41.3 Å². The molecule has 0 aliphatic carbocycles. The minimum absolute atomic E-state index is 0. The Morgan fingerprint density at radius 3 is 2.62 bits per heavy atom. The second kappa shape index (κ2) is 10.6. The van der Waals surface area contributed by atoms with E-state index >= 15 is 0 Å². The van der Waals surface area contributed by atoms with Crippen molar-refractivity contribution in [1.82, 2.24) is 15.1 Å². The summed E-state index contributed by atoms with van der Waals surface area (Å²) in [5.74, 6) is 1.08. The van der Waals surface area contributed by atoms with Gasteiger partial charge in [0.25, 0.3) is 0 Å². The Bertz CT molecular complexity index is 773. The van der Waals surface area contributed by atoms with E-state index in [1.807, 2.05) is 24.5 Å². The van der Waals surface area contributed by atoms with Crippen molar-refractivity contribution in [3.05, 3.63) is 57.8 Å². The molecule has 158 valence electrons. The molecule has 0 saturated carbocycles. The lowest BCUT2D eigenvalue weighted by Crippen LogP contribution is -2.47. The predicted octanol–water partition coefficient (Wildman–Crippen LogP) is 3.97. The normalized spacial score (nSPS) is 20.2. The number of amides is 1. The topological polar surface area (TPSA) is 35.6 Å². The average Bonchev–Trinajstić information content (AvgIpc) is 3.22. The Labute approximate surface area is 184 Å². The number of piperidine rings is 1. The highest BCUT2D eigenvalue weighted by Gasteiger charge is 2.33. The number of halogens is 1. The summed E-state index contributed by atoms with van der Waals surface area (Å²) in [6, 6.07) is 12.8. The summed E-state index contributed by atoms with van der Waals surface area (Å²) in [5, 5.41) is 5.43. The molecule has 0 radical (unpaired) electrons. The molecule has 0 bridgehead atoms. The number of carbonyl (C=O) groups excluding carboxylic acids is 1. The second-order valence-electron chi connectivity index (χ2n) is 8.06. The molecular weight excluding hydrogens is 402 g/mol. The van der Waals surface area contributed by atoms with Gasteiger partial charge in [0.05, 0.1) is 12.6 Å². The molecule has 4 rings (SSSR count). The zero-order chi connectivity index (χ0) is 19.3. The number of thiophene rings is 1. The van der Waals surface area contributed by atoms with Crippen LogP contribution in [-0.4, -0.2) is 55.5 Å². The van der Waals surface area contributed by atoms with Crippen LogP contribution in [0.2, 0.25) is 0 Å². The van der Waals surface area contributed by atoms with E-state index in [0.717, 1.165) is 38.5 Å². The van der Waals surface area contributed by atoms with Gasteiger partial charge in [-0.3, -0.25) is 9.69 Å². The van der Waals surface area contributed by atoms with Crippen LogP contribution < -0.4 is 5.32 Å². The molecule has 2 aromatic rings. The van der Waals surface area contributed by atoms with Crippen LogP contribution in [0.4, 0.5) is 0 Å². The first-order chi connectivity index (χ1) is 13.8. The van der Waals surface area contributed by atoms with Crippen molar-refractivity contribution >= 4 is 29.7 Å². The molecule has 1 aromatic carbocycles. The fourth-order valence-electron chi connectivity index (χ4n) is 4.64. The van der Waals surface area contributed by atoms with Crippen molar-refractivity contribution in [2.45, 2.75) is 31.7 Å². The van der Waals surface area contributed by atoms with Gasteiger partial charge in [0.15, 0.2) is 0 Å². The van der Waals surface area contributed by atoms with E-state index in [4.69, 9.17) is 0 Å². The molecule has 0 spiro atoms. The predicted molar refractivity (Wildman–Crippen MR) is 123 cm³/mol. The van der Waals surface area contributed by atoms with Gasteiger partial charge in [-0.25, -0.2) is 0 Å². The highest BCUT2D eigenvalue weighted by molar-refractivity contribution is 7.10. The summed E-state index contributed by atoms with van der Waals surface area (Å²) >= 11 is 1.83. The van der Waals surface area contributed by atoms with E-state index < -0.39 is 0 Å². The highest BCUT2D eigenvalue weighted by atomic mass is 35.5. The van der Waals surface area contributed by atoms with E-state index in [9.17, 15) is 4.79 Å². The van der Waals surface area contributed by atoms with Crippen LogP contribution >= 0.6 is 23.7 Å². The number of carbonyl (C=O) groups is 1. The number of likely N-dealkylation sites (tertiary alicyclic amines) is 1. The van der Waals surface area contributed by atoms with Crippen LogP contribution in [-0.2, 0) is 11.2 Å². The Morgan fingerprint density at radius 2 is 1.90 bits per heavy atom. The lowest BCUT2D eigenvalue weighted by molar-refractivity contribution is -0.134. The van der Waals surface area contributed by atoms with Gasteiger partial charge < -0.3 is 10.2 Å². The molecule has 2 aliphatic rings. The Balaban J connectivity index is 0.00000240. The fraction of sp³-hybridized carbons (Fsp3) is 0.522. The summed E-state index contributed by atoms with van der Waals surface area (Å²) < 4.78 is 0. The van der Waals surface area contributed by atoms with Gasteiger partial charge in [0, 0.05) is 11.4 Å². The van der Waals surface area contributed by atoms with E-state index in [1.165, 1.54) is 35.3 Å². The second-order valence-corrected chi connectivity index (χ2v) is 9.06. The van der Waals surface area contributed by atoms with E-state index in [1.54, 1.807) is 0 Å². The number of fused-ring (bicyclic) bond motifs is 1. The Kier molecular flexibility index (Phi) is 8.13. The summed E-state index contributed by atoms with van der Waals surface area (Å²) in [5.41, 5.74) is 2.54. The molecule has 6 heteroatoms. The number of hydrogen-bond acceptors (Lipinski definition) is 4. The molecule has 1 saturated heterocycles. The smallest absolute Gasteiger partial charge is 0.237 e. The van der Waals surface area contributed by atoms with Gasteiger partial charge in [-0.2, -0.15) is 0 Å². The summed E-state index contributed by atoms with van der Waals surface area (Å²) in [6.45, 7) is 4.58. The third-order valence-corrected chi connectivity index (χ3v) is 7.27. The van der Waals surface area contributed by atoms with E-state index in [-0.39, 0.29) is 24.4 Å². The van der Waals surface area contributed by atoms with Gasteiger partial charge in [-0.1, -0.05) is 30.3 Å². The first-order valence-electron chi connectivity index (χ1n) is 10.5. The monoisotopic (exact) mass is 433 g/mol. The molecule has 2 aliphatic heterocycles. The van der Waals surface area contributed by atoms with Gasteiger partial charge in [-0.05, 0) is 80.9 Å². The third-order valence-electron chi connectivity index (χ3n) is 6.27. The van der Waals surface area contributed by atoms with Crippen LogP contribution in [0.25, 0.3) is 0 Å². The number of nitrogens with one attached hydrogen (secondary N) is 1. The SMILES string of the molecule is CNCCC1CCN(CC(=O)N2CCc3sccc3C2c2ccccc2)CC1.Cl. The molecule has 1 unspecified atom stereocenters. The number of benzene rings is 1. The van der Waals surface area contributed by atoms with Gasteiger partial charge >= 0.3 is 0 Å². The number of rotatable bonds is 6. The third kappa shape index (κ3) is 5.21. The molecular formula is C23H32ClN3OS. The van der Waals surface area contributed by atoms with Crippen molar-refractivity contribution in [3.63, 3.8) is 0 Å². The summed E-state index contributed by atoms with van der Waals surface area (Å²) in [4.78, 5) is 19.2. The Hall–Kier alpha value is -1.40. The molecule has 1 fully saturated rings. The summed E-state index contributed by atoms with van der Waals surface area (Å²) in [6.07, 6.45) is 4.66.